The van der Waals surface area contributed by atoms with Crippen LogP contribution in [-0.2, 0) is 10.9 Å². The lowest BCUT2D eigenvalue weighted by Gasteiger charge is -2.37. The Morgan fingerprint density at radius 1 is 1.33 bits per heavy atom. The Kier molecular flexibility index (Phi) is 5.71. The van der Waals surface area contributed by atoms with Crippen molar-refractivity contribution in [2.24, 2.45) is 0 Å². The maximum atomic E-state index is 12.9. The number of anilines is 1. The number of benzene rings is 1. The van der Waals surface area contributed by atoms with Crippen LogP contribution in [0, 0.1) is 6.92 Å². The Morgan fingerprint density at radius 2 is 2.00 bits per heavy atom. The Bertz CT molecular complexity index is 579. The monoisotopic (exact) mass is 346 g/mol. The molecular formula is C16H21F3N2O3. The highest BCUT2D eigenvalue weighted by molar-refractivity contribution is 5.90. The average Bonchev–Trinajstić information content (AvgIpc) is 2.49. The zero-order chi connectivity index (χ0) is 17.8. The van der Waals surface area contributed by atoms with Crippen molar-refractivity contribution in [3.8, 4) is 0 Å². The molecule has 1 aromatic carbocycles. The zero-order valence-corrected chi connectivity index (χ0v) is 13.4. The number of aliphatic hydroxyl groups excluding tert-OH is 1. The maximum Gasteiger partial charge on any atom is 0.416 e. The minimum absolute atomic E-state index is 0.0663. The number of nitrogens with one attached hydrogen (secondary N) is 2. The molecule has 0 radical (unpaired) electrons. The molecule has 1 saturated heterocycles. The van der Waals surface area contributed by atoms with Gasteiger partial charge in [0, 0.05) is 31.0 Å². The number of hydrogen-bond acceptors (Lipinski definition) is 3. The fourth-order valence-corrected chi connectivity index (χ4v) is 2.82. The third-order valence-corrected chi connectivity index (χ3v) is 4.22. The SMILES string of the molecule is Cc1ccc(NC(=O)NC2(CCO)CCOCC2)cc1C(F)(F)F. The molecule has 134 valence electrons. The van der Waals surface area contributed by atoms with Crippen LogP contribution in [0.1, 0.15) is 30.4 Å². The topological polar surface area (TPSA) is 70.6 Å². The summed E-state index contributed by atoms with van der Waals surface area (Å²) in [5.74, 6) is 0. The van der Waals surface area contributed by atoms with E-state index < -0.39 is 23.3 Å². The molecular weight excluding hydrogens is 325 g/mol. The van der Waals surface area contributed by atoms with Crippen LogP contribution in [0.5, 0.6) is 0 Å². The first-order valence-corrected chi connectivity index (χ1v) is 7.71. The summed E-state index contributed by atoms with van der Waals surface area (Å²) in [5, 5.41) is 14.4. The molecule has 1 fully saturated rings. The van der Waals surface area contributed by atoms with Gasteiger partial charge in [-0.15, -0.1) is 0 Å². The molecule has 1 aromatic rings. The highest BCUT2D eigenvalue weighted by atomic mass is 19.4. The van der Waals surface area contributed by atoms with Gasteiger partial charge in [-0.3, -0.25) is 0 Å². The lowest BCUT2D eigenvalue weighted by atomic mass is 9.87. The van der Waals surface area contributed by atoms with Gasteiger partial charge in [0.25, 0.3) is 0 Å². The first-order valence-electron chi connectivity index (χ1n) is 7.71. The van der Waals surface area contributed by atoms with E-state index in [0.29, 0.717) is 32.5 Å². The van der Waals surface area contributed by atoms with Crippen LogP contribution in [0.4, 0.5) is 23.7 Å². The second-order valence-electron chi connectivity index (χ2n) is 5.97. The highest BCUT2D eigenvalue weighted by Gasteiger charge is 2.34. The van der Waals surface area contributed by atoms with Crippen LogP contribution in [0.2, 0.25) is 0 Å². The van der Waals surface area contributed by atoms with Crippen LogP contribution in [0.25, 0.3) is 0 Å². The quantitative estimate of drug-likeness (QED) is 0.785. The van der Waals surface area contributed by atoms with E-state index in [1.54, 1.807) is 0 Å². The summed E-state index contributed by atoms with van der Waals surface area (Å²) in [6, 6.07) is 3.06. The van der Waals surface area contributed by atoms with E-state index in [4.69, 9.17) is 4.74 Å². The first kappa shape index (κ1) is 18.5. The standard InChI is InChI=1S/C16H21F3N2O3/c1-11-2-3-12(10-13(11)16(17,18)19)20-14(23)21-15(4-7-22)5-8-24-9-6-15/h2-3,10,22H,4-9H2,1H3,(H2,20,21,23). The normalized spacial score (nSPS) is 17.4. The fraction of sp³-hybridized carbons (Fsp3) is 0.562. The molecule has 1 aliphatic rings. The molecule has 0 aromatic heterocycles. The van der Waals surface area contributed by atoms with E-state index >= 15 is 0 Å². The van der Waals surface area contributed by atoms with Gasteiger partial charge in [-0.25, -0.2) is 4.79 Å². The van der Waals surface area contributed by atoms with Crippen LogP contribution in [-0.4, -0.2) is 36.5 Å². The second-order valence-corrected chi connectivity index (χ2v) is 5.97. The lowest BCUT2D eigenvalue weighted by molar-refractivity contribution is -0.138. The number of halogens is 3. The molecule has 1 heterocycles. The Morgan fingerprint density at radius 3 is 2.58 bits per heavy atom. The van der Waals surface area contributed by atoms with E-state index in [9.17, 15) is 23.1 Å². The van der Waals surface area contributed by atoms with E-state index in [1.807, 2.05) is 0 Å². The largest absolute Gasteiger partial charge is 0.416 e. The molecule has 0 saturated carbocycles. The lowest BCUT2D eigenvalue weighted by Crippen LogP contribution is -2.53. The third-order valence-electron chi connectivity index (χ3n) is 4.22. The Hall–Kier alpha value is -1.80. The van der Waals surface area contributed by atoms with Crippen molar-refractivity contribution in [2.75, 3.05) is 25.1 Å². The van der Waals surface area contributed by atoms with Gasteiger partial charge in [0.2, 0.25) is 0 Å². The van der Waals surface area contributed by atoms with E-state index in [2.05, 4.69) is 10.6 Å². The second kappa shape index (κ2) is 7.40. The molecule has 24 heavy (non-hydrogen) atoms. The van der Waals surface area contributed by atoms with Crippen LogP contribution in [0.3, 0.4) is 0 Å². The summed E-state index contributed by atoms with van der Waals surface area (Å²) in [7, 11) is 0. The van der Waals surface area contributed by atoms with Crippen LogP contribution < -0.4 is 10.6 Å². The first-order chi connectivity index (χ1) is 11.3. The van der Waals surface area contributed by atoms with Gasteiger partial charge in [-0.2, -0.15) is 13.2 Å². The van der Waals surface area contributed by atoms with Crippen LogP contribution in [0.15, 0.2) is 18.2 Å². The van der Waals surface area contributed by atoms with Crippen molar-refractivity contribution in [1.82, 2.24) is 5.32 Å². The van der Waals surface area contributed by atoms with E-state index in [-0.39, 0.29) is 17.9 Å². The maximum absolute atomic E-state index is 12.9. The minimum atomic E-state index is -4.48. The number of hydrogen-bond donors (Lipinski definition) is 3. The van der Waals surface area contributed by atoms with Gasteiger partial charge in [0.15, 0.2) is 0 Å². The number of carbonyl (C=O) groups excluding carboxylic acids is 1. The molecule has 0 bridgehead atoms. The van der Waals surface area contributed by atoms with Gasteiger partial charge in [-0.05, 0) is 43.9 Å². The van der Waals surface area contributed by atoms with Crippen molar-refractivity contribution < 1.29 is 27.8 Å². The summed E-state index contributed by atoms with van der Waals surface area (Å²) in [4.78, 5) is 12.2. The predicted octanol–water partition coefficient (Wildman–Crippen LogP) is 3.07. The molecule has 3 N–H and O–H groups in total. The number of ether oxygens (including phenoxy) is 1. The van der Waals surface area contributed by atoms with Gasteiger partial charge < -0.3 is 20.5 Å². The number of urea groups is 1. The molecule has 8 heteroatoms. The molecule has 0 unspecified atom stereocenters. The number of aryl methyl sites for hydroxylation is 1. The number of aliphatic hydroxyl groups is 1. The Labute approximate surface area is 138 Å². The molecule has 2 rings (SSSR count). The molecule has 2 amide bonds. The zero-order valence-electron chi connectivity index (χ0n) is 13.4. The van der Waals surface area contributed by atoms with Crippen molar-refractivity contribution in [3.05, 3.63) is 29.3 Å². The fourth-order valence-electron chi connectivity index (χ4n) is 2.82. The van der Waals surface area contributed by atoms with E-state index in [1.165, 1.54) is 19.1 Å². The van der Waals surface area contributed by atoms with Gasteiger partial charge in [0.1, 0.15) is 0 Å². The average molecular weight is 346 g/mol. The smallest absolute Gasteiger partial charge is 0.396 e. The number of amides is 2. The summed E-state index contributed by atoms with van der Waals surface area (Å²) >= 11 is 0. The third kappa shape index (κ3) is 4.61. The molecule has 0 spiro atoms. The number of rotatable bonds is 4. The summed E-state index contributed by atoms with van der Waals surface area (Å²) in [6.07, 6.45) is -3.02. The van der Waals surface area contributed by atoms with Gasteiger partial charge >= 0.3 is 12.2 Å². The van der Waals surface area contributed by atoms with Crippen molar-refractivity contribution >= 4 is 11.7 Å². The molecule has 0 aliphatic carbocycles. The van der Waals surface area contributed by atoms with Gasteiger partial charge in [0.05, 0.1) is 5.56 Å². The number of alkyl halides is 3. The molecule has 1 aliphatic heterocycles. The summed E-state index contributed by atoms with van der Waals surface area (Å²) in [5.41, 5.74) is -1.23. The predicted molar refractivity (Wildman–Crippen MR) is 82.8 cm³/mol. The highest BCUT2D eigenvalue weighted by Crippen LogP contribution is 2.33. The number of carbonyl (C=O) groups is 1. The van der Waals surface area contributed by atoms with Crippen molar-refractivity contribution in [1.29, 1.82) is 0 Å². The molecule has 0 atom stereocenters. The minimum Gasteiger partial charge on any atom is -0.396 e. The van der Waals surface area contributed by atoms with Crippen molar-refractivity contribution in [3.63, 3.8) is 0 Å². The summed E-state index contributed by atoms with van der Waals surface area (Å²) < 4.78 is 44.0. The summed E-state index contributed by atoms with van der Waals surface area (Å²) in [6.45, 7) is 2.19. The van der Waals surface area contributed by atoms with Crippen LogP contribution >= 0.6 is 0 Å². The Balaban J connectivity index is 2.09. The van der Waals surface area contributed by atoms with Gasteiger partial charge in [-0.1, -0.05) is 6.07 Å². The van der Waals surface area contributed by atoms with E-state index in [0.717, 1.165) is 6.07 Å². The van der Waals surface area contributed by atoms with Crippen molar-refractivity contribution in [2.45, 2.75) is 37.9 Å². The molecule has 5 nitrogen and oxygen atoms in total.